The van der Waals surface area contributed by atoms with Gasteiger partial charge in [-0.05, 0) is 12.8 Å². The Kier molecular flexibility index (Phi) is 4.76. The van der Waals surface area contributed by atoms with Gasteiger partial charge in [0.05, 0.1) is 5.69 Å². The maximum Gasteiger partial charge on any atom is 0.356 e. The Hall–Kier alpha value is -2.14. The maximum atomic E-state index is 11.7. The van der Waals surface area contributed by atoms with Crippen molar-refractivity contribution in [2.24, 2.45) is 0 Å². The second kappa shape index (κ2) is 6.96. The van der Waals surface area contributed by atoms with E-state index in [2.05, 4.69) is 4.98 Å². The largest absolute Gasteiger partial charge is 0.476 e. The number of methoxy groups -OCH3 is 1. The number of carboxylic acids is 1. The number of benzene rings is 1. The Bertz CT molecular complexity index is 673. The first-order chi connectivity index (χ1) is 11.2. The predicted molar refractivity (Wildman–Crippen MR) is 87.5 cm³/mol. The van der Waals surface area contributed by atoms with Gasteiger partial charge in [0.1, 0.15) is 12.6 Å². The highest BCUT2D eigenvalue weighted by Gasteiger charge is 2.28. The van der Waals surface area contributed by atoms with Crippen molar-refractivity contribution in [1.82, 2.24) is 9.55 Å². The van der Waals surface area contributed by atoms with Crippen LogP contribution in [0.3, 0.4) is 0 Å². The third-order valence-electron chi connectivity index (χ3n) is 4.48. The molecule has 0 atom stereocenters. The first-order valence-electron chi connectivity index (χ1n) is 8.10. The average Bonchev–Trinajstić information content (AvgIpc) is 2.96. The van der Waals surface area contributed by atoms with Crippen molar-refractivity contribution >= 4 is 5.97 Å². The van der Waals surface area contributed by atoms with Crippen molar-refractivity contribution in [2.75, 3.05) is 7.11 Å². The molecule has 0 aliphatic heterocycles. The summed E-state index contributed by atoms with van der Waals surface area (Å²) in [6.45, 7) is 0.316. The summed E-state index contributed by atoms with van der Waals surface area (Å²) in [6, 6.07) is 9.57. The number of rotatable bonds is 5. The Morgan fingerprint density at radius 3 is 2.57 bits per heavy atom. The molecule has 1 saturated carbocycles. The summed E-state index contributed by atoms with van der Waals surface area (Å²) in [6.07, 6.45) is 5.72. The van der Waals surface area contributed by atoms with E-state index in [-0.39, 0.29) is 5.69 Å². The van der Waals surface area contributed by atoms with Gasteiger partial charge in [-0.1, -0.05) is 49.6 Å². The highest BCUT2D eigenvalue weighted by Crippen LogP contribution is 2.36. The molecule has 1 aliphatic rings. The number of aromatic nitrogens is 2. The van der Waals surface area contributed by atoms with E-state index < -0.39 is 5.97 Å². The minimum Gasteiger partial charge on any atom is -0.476 e. The third-order valence-corrected chi connectivity index (χ3v) is 4.48. The van der Waals surface area contributed by atoms with E-state index in [1.807, 2.05) is 34.9 Å². The Morgan fingerprint density at radius 2 is 1.96 bits per heavy atom. The highest BCUT2D eigenvalue weighted by molar-refractivity contribution is 5.93. The molecule has 5 heteroatoms. The molecule has 5 nitrogen and oxygen atoms in total. The minimum absolute atomic E-state index is 0.119. The lowest BCUT2D eigenvalue weighted by atomic mass is 9.88. The summed E-state index contributed by atoms with van der Waals surface area (Å²) in [4.78, 5) is 16.2. The average molecular weight is 314 g/mol. The molecule has 1 aromatic carbocycles. The zero-order valence-corrected chi connectivity index (χ0v) is 13.4. The molecule has 0 amide bonds. The van der Waals surface area contributed by atoms with Gasteiger partial charge < -0.3 is 14.4 Å². The van der Waals surface area contributed by atoms with Gasteiger partial charge in [0.15, 0.2) is 5.69 Å². The van der Waals surface area contributed by atoms with E-state index in [0.29, 0.717) is 18.3 Å². The van der Waals surface area contributed by atoms with Crippen LogP contribution < -0.4 is 0 Å². The number of carboxylic acid groups (broad SMARTS) is 1. The van der Waals surface area contributed by atoms with Gasteiger partial charge in [-0.25, -0.2) is 9.78 Å². The molecular formula is C18H22N2O3. The van der Waals surface area contributed by atoms with Crippen LogP contribution in [0.25, 0.3) is 11.3 Å². The number of hydrogen-bond donors (Lipinski definition) is 1. The summed E-state index contributed by atoms with van der Waals surface area (Å²) in [5.74, 6) is 0.174. The zero-order valence-electron chi connectivity index (χ0n) is 13.4. The lowest BCUT2D eigenvalue weighted by Gasteiger charge is -2.22. The molecule has 122 valence electrons. The Morgan fingerprint density at radius 1 is 1.26 bits per heavy atom. The molecule has 0 spiro atoms. The molecule has 0 bridgehead atoms. The molecule has 1 aromatic heterocycles. The second-order valence-electron chi connectivity index (χ2n) is 6.02. The van der Waals surface area contributed by atoms with Gasteiger partial charge >= 0.3 is 5.97 Å². The molecule has 0 unspecified atom stereocenters. The first-order valence-corrected chi connectivity index (χ1v) is 8.10. The SMILES string of the molecule is COCn1c(C2CCCCC2)nc(C(=O)O)c1-c1ccccc1. The molecule has 23 heavy (non-hydrogen) atoms. The van der Waals surface area contributed by atoms with E-state index in [0.717, 1.165) is 24.2 Å². The van der Waals surface area contributed by atoms with Crippen molar-refractivity contribution in [3.05, 3.63) is 41.9 Å². The van der Waals surface area contributed by atoms with Crippen molar-refractivity contribution < 1.29 is 14.6 Å². The van der Waals surface area contributed by atoms with Gasteiger partial charge in [-0.3, -0.25) is 0 Å². The fraction of sp³-hybridized carbons (Fsp3) is 0.444. The van der Waals surface area contributed by atoms with Crippen LogP contribution in [0.4, 0.5) is 0 Å². The predicted octanol–water partition coefficient (Wildman–Crippen LogP) is 3.90. The number of hydrogen-bond acceptors (Lipinski definition) is 3. The van der Waals surface area contributed by atoms with E-state index in [1.165, 1.54) is 19.3 Å². The van der Waals surface area contributed by atoms with Gasteiger partial charge in [0.25, 0.3) is 0 Å². The summed E-state index contributed by atoms with van der Waals surface area (Å²) in [5.41, 5.74) is 1.62. The van der Waals surface area contributed by atoms with Crippen molar-refractivity contribution in [1.29, 1.82) is 0 Å². The van der Waals surface area contributed by atoms with Gasteiger partial charge in [0, 0.05) is 18.6 Å². The minimum atomic E-state index is -0.990. The molecular weight excluding hydrogens is 292 g/mol. The first kappa shape index (κ1) is 15.7. The standard InChI is InChI=1S/C18H22N2O3/c1-23-12-20-16(13-8-4-2-5-9-13)15(18(21)22)19-17(20)14-10-6-3-7-11-14/h2,4-5,8-9,14H,3,6-7,10-12H2,1H3,(H,21,22). The summed E-state index contributed by atoms with van der Waals surface area (Å²) >= 11 is 0. The quantitative estimate of drug-likeness (QED) is 0.909. The third kappa shape index (κ3) is 3.15. The van der Waals surface area contributed by atoms with Gasteiger partial charge in [-0.15, -0.1) is 0 Å². The van der Waals surface area contributed by atoms with Crippen LogP contribution in [0.2, 0.25) is 0 Å². The molecule has 0 saturated heterocycles. The van der Waals surface area contributed by atoms with Gasteiger partial charge in [-0.2, -0.15) is 0 Å². The smallest absolute Gasteiger partial charge is 0.356 e. The topological polar surface area (TPSA) is 64.4 Å². The van der Waals surface area contributed by atoms with Crippen molar-refractivity contribution in [3.8, 4) is 11.3 Å². The monoisotopic (exact) mass is 314 g/mol. The number of aromatic carboxylic acids is 1. The normalized spacial score (nSPS) is 15.7. The summed E-state index contributed by atoms with van der Waals surface area (Å²) in [5, 5.41) is 9.61. The molecule has 1 aliphatic carbocycles. The molecule has 1 fully saturated rings. The fourth-order valence-corrected chi connectivity index (χ4v) is 3.44. The number of carbonyl (C=O) groups is 1. The van der Waals surface area contributed by atoms with Crippen LogP contribution in [0.1, 0.15) is 54.3 Å². The van der Waals surface area contributed by atoms with Crippen LogP contribution in [0.15, 0.2) is 30.3 Å². The fourth-order valence-electron chi connectivity index (χ4n) is 3.44. The van der Waals surface area contributed by atoms with Crippen molar-refractivity contribution in [3.63, 3.8) is 0 Å². The van der Waals surface area contributed by atoms with Crippen LogP contribution in [0, 0.1) is 0 Å². The maximum absolute atomic E-state index is 11.7. The van der Waals surface area contributed by atoms with E-state index in [1.54, 1.807) is 7.11 Å². The zero-order chi connectivity index (χ0) is 16.2. The second-order valence-corrected chi connectivity index (χ2v) is 6.02. The van der Waals surface area contributed by atoms with Crippen LogP contribution in [-0.2, 0) is 11.5 Å². The molecule has 2 aromatic rings. The summed E-state index contributed by atoms with van der Waals surface area (Å²) in [7, 11) is 1.62. The lowest BCUT2D eigenvalue weighted by Crippen LogP contribution is -2.14. The van der Waals surface area contributed by atoms with E-state index >= 15 is 0 Å². The molecule has 3 rings (SSSR count). The van der Waals surface area contributed by atoms with Crippen LogP contribution in [0.5, 0.6) is 0 Å². The summed E-state index contributed by atoms with van der Waals surface area (Å²) < 4.78 is 7.28. The van der Waals surface area contributed by atoms with Gasteiger partial charge in [0.2, 0.25) is 0 Å². The molecule has 0 radical (unpaired) electrons. The Balaban J connectivity index is 2.15. The number of nitrogens with zero attached hydrogens (tertiary/aromatic N) is 2. The number of imidazole rings is 1. The molecule has 1 heterocycles. The number of ether oxygens (including phenoxy) is 1. The molecule has 1 N–H and O–H groups in total. The van der Waals surface area contributed by atoms with Crippen LogP contribution in [-0.4, -0.2) is 27.7 Å². The Labute approximate surface area is 135 Å². The van der Waals surface area contributed by atoms with Crippen LogP contribution >= 0.6 is 0 Å². The van der Waals surface area contributed by atoms with Crippen molar-refractivity contribution in [2.45, 2.75) is 44.8 Å². The van der Waals surface area contributed by atoms with E-state index in [9.17, 15) is 9.90 Å². The van der Waals surface area contributed by atoms with E-state index in [4.69, 9.17) is 4.74 Å². The highest BCUT2D eigenvalue weighted by atomic mass is 16.5. The lowest BCUT2D eigenvalue weighted by molar-refractivity contribution is 0.0691.